The molecular weight excluding hydrogens is 226 g/mol. The Morgan fingerprint density at radius 1 is 1.62 bits per heavy atom. The predicted octanol–water partition coefficient (Wildman–Crippen LogP) is 0.454. The number of rotatable bonds is 5. The van der Waals surface area contributed by atoms with Gasteiger partial charge in [-0.25, -0.2) is 8.42 Å². The van der Waals surface area contributed by atoms with E-state index in [4.69, 9.17) is 6.42 Å². The molecule has 0 N–H and O–H groups in total. The molecule has 0 saturated heterocycles. The summed E-state index contributed by atoms with van der Waals surface area (Å²) >= 11 is 0. The number of terminal acetylenes is 1. The first kappa shape index (κ1) is 12.7. The number of nitrogens with zero attached hydrogens (tertiary/aromatic N) is 3. The van der Waals surface area contributed by atoms with Crippen LogP contribution in [-0.2, 0) is 17.1 Å². The highest BCUT2D eigenvalue weighted by Crippen LogP contribution is 2.14. The van der Waals surface area contributed by atoms with Crippen LogP contribution in [0.5, 0.6) is 0 Å². The summed E-state index contributed by atoms with van der Waals surface area (Å²) in [6.07, 6.45) is 7.34. The van der Waals surface area contributed by atoms with E-state index in [1.807, 2.05) is 6.92 Å². The summed E-state index contributed by atoms with van der Waals surface area (Å²) in [4.78, 5) is 0. The van der Waals surface area contributed by atoms with E-state index in [0.29, 0.717) is 6.54 Å². The normalized spacial score (nSPS) is 11.6. The summed E-state index contributed by atoms with van der Waals surface area (Å²) in [7, 11) is -1.93. The maximum Gasteiger partial charge on any atom is 0.261 e. The molecule has 6 heteroatoms. The van der Waals surface area contributed by atoms with Crippen molar-refractivity contribution in [2.24, 2.45) is 7.05 Å². The topological polar surface area (TPSA) is 55.2 Å². The van der Waals surface area contributed by atoms with Crippen LogP contribution in [-0.4, -0.2) is 35.6 Å². The van der Waals surface area contributed by atoms with Gasteiger partial charge in [0.05, 0.1) is 12.7 Å². The van der Waals surface area contributed by atoms with Gasteiger partial charge in [-0.15, -0.1) is 6.42 Å². The Morgan fingerprint density at radius 3 is 2.75 bits per heavy atom. The Bertz CT molecular complexity index is 484. The van der Waals surface area contributed by atoms with Gasteiger partial charge in [0.2, 0.25) is 0 Å². The quantitative estimate of drug-likeness (QED) is 0.703. The third-order valence-electron chi connectivity index (χ3n) is 2.12. The minimum atomic E-state index is -3.52. The summed E-state index contributed by atoms with van der Waals surface area (Å²) in [5.41, 5.74) is 0. The smallest absolute Gasteiger partial charge is 0.256 e. The number of aromatic nitrogens is 2. The second kappa shape index (κ2) is 5.14. The van der Waals surface area contributed by atoms with E-state index in [1.54, 1.807) is 7.05 Å². The molecule has 1 heterocycles. The van der Waals surface area contributed by atoms with Crippen molar-refractivity contribution in [3.05, 3.63) is 12.3 Å². The highest BCUT2D eigenvalue weighted by Gasteiger charge is 2.25. The Morgan fingerprint density at radius 2 is 2.31 bits per heavy atom. The maximum atomic E-state index is 12.2. The lowest BCUT2D eigenvalue weighted by atomic mass is 10.5. The lowest BCUT2D eigenvalue weighted by Crippen LogP contribution is -2.33. The number of aryl methyl sites for hydroxylation is 1. The van der Waals surface area contributed by atoms with Gasteiger partial charge >= 0.3 is 0 Å². The molecule has 0 unspecified atom stereocenters. The lowest BCUT2D eigenvalue weighted by Gasteiger charge is -2.18. The fraction of sp³-hybridized carbons (Fsp3) is 0.500. The van der Waals surface area contributed by atoms with Crippen molar-refractivity contribution in [3.63, 3.8) is 0 Å². The molecule has 1 rings (SSSR count). The Hall–Kier alpha value is -1.32. The number of hydrogen-bond acceptors (Lipinski definition) is 3. The molecule has 1 aromatic heterocycles. The second-order valence-corrected chi connectivity index (χ2v) is 5.22. The van der Waals surface area contributed by atoms with Crippen LogP contribution in [0, 0.1) is 12.3 Å². The van der Waals surface area contributed by atoms with Gasteiger partial charge in [-0.2, -0.15) is 9.40 Å². The zero-order valence-corrected chi connectivity index (χ0v) is 10.2. The fourth-order valence-corrected chi connectivity index (χ4v) is 2.93. The van der Waals surface area contributed by atoms with Crippen molar-refractivity contribution >= 4 is 10.0 Å². The standard InChI is InChI=1S/C10H15N3O2S/c1-4-8-13(9-5-2)16(14,15)10-6-7-11-12(10)3/h1,6-7H,5,8-9H2,2-3H3. The molecule has 0 aromatic carbocycles. The fourth-order valence-electron chi connectivity index (χ4n) is 1.38. The van der Waals surface area contributed by atoms with Crippen LogP contribution in [0.1, 0.15) is 13.3 Å². The van der Waals surface area contributed by atoms with Gasteiger partial charge in [0.1, 0.15) is 0 Å². The average Bonchev–Trinajstić information content (AvgIpc) is 2.65. The molecule has 0 bridgehead atoms. The molecule has 5 nitrogen and oxygen atoms in total. The van der Waals surface area contributed by atoms with Crippen molar-refractivity contribution in [2.45, 2.75) is 18.4 Å². The van der Waals surface area contributed by atoms with Crippen molar-refractivity contribution in [2.75, 3.05) is 13.1 Å². The van der Waals surface area contributed by atoms with E-state index in [2.05, 4.69) is 11.0 Å². The summed E-state index contributed by atoms with van der Waals surface area (Å²) in [5, 5.41) is 4.01. The minimum Gasteiger partial charge on any atom is -0.256 e. The first-order chi connectivity index (χ1) is 7.54. The molecule has 1 aromatic rings. The average molecular weight is 241 g/mol. The third-order valence-corrected chi connectivity index (χ3v) is 4.04. The maximum absolute atomic E-state index is 12.2. The SMILES string of the molecule is C#CCN(CCC)S(=O)(=O)c1ccnn1C. The highest BCUT2D eigenvalue weighted by molar-refractivity contribution is 7.89. The Labute approximate surface area is 96.1 Å². The molecule has 0 amide bonds. The third kappa shape index (κ3) is 2.43. The van der Waals surface area contributed by atoms with Crippen LogP contribution in [0.25, 0.3) is 0 Å². The Balaban J connectivity index is 3.09. The van der Waals surface area contributed by atoms with Crippen molar-refractivity contribution < 1.29 is 8.42 Å². The monoisotopic (exact) mass is 241 g/mol. The first-order valence-corrected chi connectivity index (χ1v) is 6.39. The zero-order valence-electron chi connectivity index (χ0n) is 9.42. The van der Waals surface area contributed by atoms with Gasteiger partial charge in [-0.05, 0) is 12.5 Å². The van der Waals surface area contributed by atoms with Gasteiger partial charge < -0.3 is 0 Å². The molecule has 16 heavy (non-hydrogen) atoms. The van der Waals surface area contributed by atoms with Gasteiger partial charge in [0.25, 0.3) is 10.0 Å². The van der Waals surface area contributed by atoms with E-state index in [-0.39, 0.29) is 11.6 Å². The summed E-state index contributed by atoms with van der Waals surface area (Å²) in [6.45, 7) is 2.40. The van der Waals surface area contributed by atoms with Crippen molar-refractivity contribution in [1.29, 1.82) is 0 Å². The van der Waals surface area contributed by atoms with Crippen molar-refractivity contribution in [3.8, 4) is 12.3 Å². The van der Waals surface area contributed by atoms with Crippen LogP contribution in [0.4, 0.5) is 0 Å². The molecule has 88 valence electrons. The van der Waals surface area contributed by atoms with E-state index >= 15 is 0 Å². The zero-order chi connectivity index (χ0) is 12.2. The minimum absolute atomic E-state index is 0.0847. The van der Waals surface area contributed by atoms with E-state index in [9.17, 15) is 8.42 Å². The van der Waals surface area contributed by atoms with Crippen LogP contribution in [0.2, 0.25) is 0 Å². The van der Waals surface area contributed by atoms with Crippen LogP contribution < -0.4 is 0 Å². The molecular formula is C10H15N3O2S. The largest absolute Gasteiger partial charge is 0.261 e. The summed E-state index contributed by atoms with van der Waals surface area (Å²) in [5.74, 6) is 2.36. The molecule has 0 aliphatic heterocycles. The summed E-state index contributed by atoms with van der Waals surface area (Å²) in [6, 6.07) is 1.47. The van der Waals surface area contributed by atoms with E-state index < -0.39 is 10.0 Å². The van der Waals surface area contributed by atoms with E-state index in [1.165, 1.54) is 21.3 Å². The predicted molar refractivity (Wildman–Crippen MR) is 61.1 cm³/mol. The van der Waals surface area contributed by atoms with Crippen LogP contribution in [0.3, 0.4) is 0 Å². The number of sulfonamides is 1. The number of hydrogen-bond donors (Lipinski definition) is 0. The van der Waals surface area contributed by atoms with Gasteiger partial charge in [-0.1, -0.05) is 12.8 Å². The van der Waals surface area contributed by atoms with Gasteiger partial charge in [-0.3, -0.25) is 4.68 Å². The van der Waals surface area contributed by atoms with Gasteiger partial charge in [0, 0.05) is 13.6 Å². The lowest BCUT2D eigenvalue weighted by molar-refractivity contribution is 0.438. The van der Waals surface area contributed by atoms with Crippen molar-refractivity contribution in [1.82, 2.24) is 14.1 Å². The summed E-state index contributed by atoms with van der Waals surface area (Å²) < 4.78 is 26.9. The van der Waals surface area contributed by atoms with E-state index in [0.717, 1.165) is 6.42 Å². The highest BCUT2D eigenvalue weighted by atomic mass is 32.2. The molecule has 0 atom stereocenters. The van der Waals surface area contributed by atoms with Crippen LogP contribution in [0.15, 0.2) is 17.3 Å². The molecule has 0 radical (unpaired) electrons. The molecule has 0 fully saturated rings. The second-order valence-electron chi connectivity index (χ2n) is 3.34. The molecule has 0 aliphatic rings. The Kier molecular flexibility index (Phi) is 4.10. The molecule has 0 spiro atoms. The molecule has 0 saturated carbocycles. The van der Waals surface area contributed by atoms with Crippen LogP contribution >= 0.6 is 0 Å². The van der Waals surface area contributed by atoms with Gasteiger partial charge in [0.15, 0.2) is 5.03 Å². The molecule has 0 aliphatic carbocycles. The first-order valence-electron chi connectivity index (χ1n) is 4.95.